The van der Waals surface area contributed by atoms with Gasteiger partial charge in [0.25, 0.3) is 0 Å². The van der Waals surface area contributed by atoms with Crippen LogP contribution in [0.1, 0.15) is 32.4 Å². The minimum absolute atomic E-state index is 0.0311. The Hall–Kier alpha value is -1.58. The van der Waals surface area contributed by atoms with Crippen LogP contribution in [0.5, 0.6) is 5.75 Å². The molecule has 0 aromatic heterocycles. The molecule has 2 aromatic rings. The van der Waals surface area contributed by atoms with Crippen molar-refractivity contribution in [1.82, 2.24) is 5.32 Å². The van der Waals surface area contributed by atoms with E-state index in [-0.39, 0.29) is 24.6 Å². The molecule has 0 saturated carbocycles. The Morgan fingerprint density at radius 3 is 2.45 bits per heavy atom. The maximum atomic E-state index is 10.4. The predicted molar refractivity (Wildman–Crippen MR) is 82.9 cm³/mol. The standard InChI is InChI=1S/C17H23NO2/c1-11(10-19)12(2)18-13(3)15-9-8-14-6-4-5-7-16(14)17(15)20/h4-9,11-13,18-20H,10H2,1-3H3. The normalized spacial score (nSPS) is 16.0. The van der Waals surface area contributed by atoms with Crippen molar-refractivity contribution in [2.75, 3.05) is 6.61 Å². The van der Waals surface area contributed by atoms with Crippen LogP contribution in [0.15, 0.2) is 36.4 Å². The second-order valence-corrected chi connectivity index (χ2v) is 5.56. The molecule has 0 aliphatic heterocycles. The SMILES string of the molecule is CC(NC(C)C(C)CO)c1ccc2ccccc2c1O. The van der Waals surface area contributed by atoms with E-state index in [0.29, 0.717) is 5.75 Å². The van der Waals surface area contributed by atoms with Gasteiger partial charge in [-0.25, -0.2) is 0 Å². The van der Waals surface area contributed by atoms with Crippen molar-refractivity contribution in [2.24, 2.45) is 5.92 Å². The lowest BCUT2D eigenvalue weighted by molar-refractivity contribution is 0.202. The van der Waals surface area contributed by atoms with Gasteiger partial charge >= 0.3 is 0 Å². The number of phenolic OH excluding ortho intramolecular Hbond substituents is 1. The van der Waals surface area contributed by atoms with Gasteiger partial charge in [0.15, 0.2) is 0 Å². The molecule has 0 aliphatic carbocycles. The average molecular weight is 273 g/mol. The number of rotatable bonds is 5. The van der Waals surface area contributed by atoms with Crippen molar-refractivity contribution in [3.8, 4) is 5.75 Å². The summed E-state index contributed by atoms with van der Waals surface area (Å²) in [6, 6.07) is 12.0. The first-order chi connectivity index (χ1) is 9.54. The summed E-state index contributed by atoms with van der Waals surface area (Å²) in [6.45, 7) is 6.25. The van der Waals surface area contributed by atoms with Crippen LogP contribution in [-0.2, 0) is 0 Å². The van der Waals surface area contributed by atoms with Gasteiger partial charge in [0.1, 0.15) is 5.75 Å². The largest absolute Gasteiger partial charge is 0.507 e. The number of aliphatic hydroxyl groups excluding tert-OH is 1. The summed E-state index contributed by atoms with van der Waals surface area (Å²) in [7, 11) is 0. The first kappa shape index (κ1) is 14.8. The zero-order chi connectivity index (χ0) is 14.7. The van der Waals surface area contributed by atoms with E-state index in [1.807, 2.05) is 50.2 Å². The lowest BCUT2D eigenvalue weighted by atomic mass is 9.98. The minimum atomic E-state index is 0.0311. The van der Waals surface area contributed by atoms with E-state index >= 15 is 0 Å². The van der Waals surface area contributed by atoms with Gasteiger partial charge in [-0.1, -0.05) is 43.3 Å². The maximum absolute atomic E-state index is 10.4. The van der Waals surface area contributed by atoms with E-state index in [1.165, 1.54) is 0 Å². The van der Waals surface area contributed by atoms with E-state index < -0.39 is 0 Å². The predicted octanol–water partition coefficient (Wildman–Crippen LogP) is 3.21. The molecule has 3 N–H and O–H groups in total. The Morgan fingerprint density at radius 1 is 1.05 bits per heavy atom. The molecule has 0 aliphatic rings. The molecule has 0 radical (unpaired) electrons. The molecule has 20 heavy (non-hydrogen) atoms. The first-order valence-corrected chi connectivity index (χ1v) is 7.12. The molecule has 2 rings (SSSR count). The minimum Gasteiger partial charge on any atom is -0.507 e. The number of aliphatic hydroxyl groups is 1. The second-order valence-electron chi connectivity index (χ2n) is 5.56. The Morgan fingerprint density at radius 2 is 1.75 bits per heavy atom. The quantitative estimate of drug-likeness (QED) is 0.784. The topological polar surface area (TPSA) is 52.5 Å². The highest BCUT2D eigenvalue weighted by atomic mass is 16.3. The number of aromatic hydroxyl groups is 1. The van der Waals surface area contributed by atoms with Crippen LogP contribution in [-0.4, -0.2) is 22.9 Å². The number of hydrogen-bond acceptors (Lipinski definition) is 3. The van der Waals surface area contributed by atoms with Crippen molar-refractivity contribution in [3.05, 3.63) is 42.0 Å². The summed E-state index contributed by atoms with van der Waals surface area (Å²) in [5.41, 5.74) is 0.890. The molecule has 3 heteroatoms. The van der Waals surface area contributed by atoms with Crippen molar-refractivity contribution >= 4 is 10.8 Å². The molecule has 0 spiro atoms. The summed E-state index contributed by atoms with van der Waals surface area (Å²) in [5.74, 6) is 0.520. The number of phenols is 1. The number of fused-ring (bicyclic) bond motifs is 1. The third kappa shape index (κ3) is 2.94. The zero-order valence-electron chi connectivity index (χ0n) is 12.3. The van der Waals surface area contributed by atoms with Gasteiger partial charge in [-0.05, 0) is 25.2 Å². The van der Waals surface area contributed by atoms with Gasteiger partial charge in [-0.2, -0.15) is 0 Å². The number of nitrogens with one attached hydrogen (secondary N) is 1. The van der Waals surface area contributed by atoms with Crippen LogP contribution in [0.25, 0.3) is 10.8 Å². The molecule has 0 saturated heterocycles. The number of hydrogen-bond donors (Lipinski definition) is 3. The Kier molecular flexibility index (Phi) is 4.63. The fourth-order valence-corrected chi connectivity index (χ4v) is 2.43. The van der Waals surface area contributed by atoms with Crippen LogP contribution in [0.3, 0.4) is 0 Å². The highest BCUT2D eigenvalue weighted by Gasteiger charge is 2.17. The number of benzene rings is 2. The van der Waals surface area contributed by atoms with Gasteiger partial charge in [0.05, 0.1) is 0 Å². The van der Waals surface area contributed by atoms with Crippen molar-refractivity contribution in [1.29, 1.82) is 0 Å². The molecule has 2 aromatic carbocycles. The van der Waals surface area contributed by atoms with E-state index in [2.05, 4.69) is 12.2 Å². The molecule has 0 amide bonds. The molecular weight excluding hydrogens is 250 g/mol. The third-order valence-corrected chi connectivity index (χ3v) is 4.05. The van der Waals surface area contributed by atoms with Gasteiger partial charge in [0.2, 0.25) is 0 Å². The Labute approximate surface area is 120 Å². The molecule has 108 valence electrons. The maximum Gasteiger partial charge on any atom is 0.128 e. The van der Waals surface area contributed by atoms with Gasteiger partial charge in [-0.3, -0.25) is 0 Å². The highest BCUT2D eigenvalue weighted by Crippen LogP contribution is 2.32. The Balaban J connectivity index is 2.26. The summed E-state index contributed by atoms with van der Waals surface area (Å²) < 4.78 is 0. The van der Waals surface area contributed by atoms with Gasteiger partial charge < -0.3 is 15.5 Å². The van der Waals surface area contributed by atoms with Gasteiger partial charge in [-0.15, -0.1) is 0 Å². The lowest BCUT2D eigenvalue weighted by Crippen LogP contribution is -2.35. The van der Waals surface area contributed by atoms with Crippen LogP contribution in [0.2, 0.25) is 0 Å². The fraction of sp³-hybridized carbons (Fsp3) is 0.412. The zero-order valence-corrected chi connectivity index (χ0v) is 12.3. The fourth-order valence-electron chi connectivity index (χ4n) is 2.43. The van der Waals surface area contributed by atoms with Crippen molar-refractivity contribution in [3.63, 3.8) is 0 Å². The van der Waals surface area contributed by atoms with Crippen LogP contribution in [0, 0.1) is 5.92 Å². The van der Waals surface area contributed by atoms with Crippen LogP contribution >= 0.6 is 0 Å². The summed E-state index contributed by atoms with van der Waals surface area (Å²) >= 11 is 0. The molecule has 3 atom stereocenters. The summed E-state index contributed by atoms with van der Waals surface area (Å²) in [5, 5.41) is 25.0. The highest BCUT2D eigenvalue weighted by molar-refractivity contribution is 5.89. The smallest absolute Gasteiger partial charge is 0.128 e. The Bertz CT molecular complexity index is 582. The van der Waals surface area contributed by atoms with Gasteiger partial charge in [0, 0.05) is 29.6 Å². The molecule has 0 heterocycles. The second kappa shape index (κ2) is 6.25. The summed E-state index contributed by atoms with van der Waals surface area (Å²) in [6.07, 6.45) is 0. The van der Waals surface area contributed by atoms with Crippen LogP contribution < -0.4 is 5.32 Å². The molecule has 3 unspecified atom stereocenters. The van der Waals surface area contributed by atoms with Crippen LogP contribution in [0.4, 0.5) is 0 Å². The van der Waals surface area contributed by atoms with E-state index in [9.17, 15) is 10.2 Å². The molecular formula is C17H23NO2. The third-order valence-electron chi connectivity index (χ3n) is 4.05. The first-order valence-electron chi connectivity index (χ1n) is 7.12. The molecule has 0 fully saturated rings. The summed E-state index contributed by atoms with van der Waals surface area (Å²) in [4.78, 5) is 0. The lowest BCUT2D eigenvalue weighted by Gasteiger charge is -2.25. The van der Waals surface area contributed by atoms with E-state index in [1.54, 1.807) is 0 Å². The average Bonchev–Trinajstić information content (AvgIpc) is 2.46. The molecule has 3 nitrogen and oxygen atoms in total. The van der Waals surface area contributed by atoms with E-state index in [0.717, 1.165) is 16.3 Å². The van der Waals surface area contributed by atoms with Crippen molar-refractivity contribution < 1.29 is 10.2 Å². The van der Waals surface area contributed by atoms with Crippen molar-refractivity contribution in [2.45, 2.75) is 32.9 Å². The monoisotopic (exact) mass is 273 g/mol. The van der Waals surface area contributed by atoms with E-state index in [4.69, 9.17) is 0 Å². The molecule has 0 bridgehead atoms.